The van der Waals surface area contributed by atoms with Crippen LogP contribution in [0.1, 0.15) is 24.7 Å². The van der Waals surface area contributed by atoms with Gasteiger partial charge in [-0.1, -0.05) is 6.92 Å². The molecule has 2 fully saturated rings. The standard InChI is InChI=1S/C19H25N5O/c1-13-10-17(13)19(25)23-8-6-22(7-9-23)18-5-4-16(12-20-18)24-15(3)11-14(2)21-24/h4-5,11-13,17H,6-10H2,1-3H3/t13-,17-/m0/s1. The number of rotatable bonds is 3. The highest BCUT2D eigenvalue weighted by atomic mass is 16.2. The molecule has 2 aromatic heterocycles. The van der Waals surface area contributed by atoms with Gasteiger partial charge in [0.05, 0.1) is 17.6 Å². The number of aryl methyl sites for hydroxylation is 2. The fourth-order valence-electron chi connectivity index (χ4n) is 3.64. The molecule has 1 saturated heterocycles. The molecule has 2 aromatic rings. The van der Waals surface area contributed by atoms with Crippen LogP contribution >= 0.6 is 0 Å². The van der Waals surface area contributed by atoms with E-state index in [-0.39, 0.29) is 5.92 Å². The number of hydrogen-bond donors (Lipinski definition) is 0. The van der Waals surface area contributed by atoms with Crippen LogP contribution in [0.25, 0.3) is 5.69 Å². The number of piperazine rings is 1. The number of carbonyl (C=O) groups is 1. The van der Waals surface area contributed by atoms with E-state index in [4.69, 9.17) is 0 Å². The quantitative estimate of drug-likeness (QED) is 0.860. The van der Waals surface area contributed by atoms with E-state index in [1.165, 1.54) is 0 Å². The van der Waals surface area contributed by atoms with Crippen molar-refractivity contribution in [1.82, 2.24) is 19.7 Å². The van der Waals surface area contributed by atoms with Gasteiger partial charge in [0.2, 0.25) is 5.91 Å². The van der Waals surface area contributed by atoms with Crippen LogP contribution in [0.3, 0.4) is 0 Å². The van der Waals surface area contributed by atoms with E-state index in [2.05, 4.69) is 34.0 Å². The molecule has 0 aromatic carbocycles. The van der Waals surface area contributed by atoms with E-state index in [1.807, 2.05) is 35.7 Å². The lowest BCUT2D eigenvalue weighted by Gasteiger charge is -2.35. The van der Waals surface area contributed by atoms with Crippen LogP contribution in [-0.4, -0.2) is 51.8 Å². The second-order valence-electron chi connectivity index (χ2n) is 7.35. The van der Waals surface area contributed by atoms with E-state index >= 15 is 0 Å². The maximum absolute atomic E-state index is 12.3. The van der Waals surface area contributed by atoms with Gasteiger partial charge < -0.3 is 9.80 Å². The zero-order valence-corrected chi connectivity index (χ0v) is 15.1. The van der Waals surface area contributed by atoms with Crippen molar-refractivity contribution in [3.8, 4) is 5.69 Å². The number of aromatic nitrogens is 3. The van der Waals surface area contributed by atoms with Crippen LogP contribution in [0, 0.1) is 25.7 Å². The van der Waals surface area contributed by atoms with Crippen molar-refractivity contribution in [2.45, 2.75) is 27.2 Å². The Labute approximate surface area is 148 Å². The molecule has 0 radical (unpaired) electrons. The molecule has 6 nitrogen and oxygen atoms in total. The summed E-state index contributed by atoms with van der Waals surface area (Å²) in [6.07, 6.45) is 2.94. The summed E-state index contributed by atoms with van der Waals surface area (Å²) < 4.78 is 1.92. The third kappa shape index (κ3) is 3.13. The first-order valence-electron chi connectivity index (χ1n) is 9.06. The monoisotopic (exact) mass is 339 g/mol. The van der Waals surface area contributed by atoms with Crippen LogP contribution < -0.4 is 4.90 Å². The van der Waals surface area contributed by atoms with Gasteiger partial charge in [-0.15, -0.1) is 0 Å². The first-order chi connectivity index (χ1) is 12.0. The van der Waals surface area contributed by atoms with E-state index in [0.29, 0.717) is 11.8 Å². The van der Waals surface area contributed by atoms with Gasteiger partial charge in [0.1, 0.15) is 5.82 Å². The van der Waals surface area contributed by atoms with Crippen LogP contribution in [0.5, 0.6) is 0 Å². The highest BCUT2D eigenvalue weighted by molar-refractivity contribution is 5.81. The summed E-state index contributed by atoms with van der Waals surface area (Å²) in [6, 6.07) is 6.17. The van der Waals surface area contributed by atoms with Gasteiger partial charge in [-0.05, 0) is 44.4 Å². The molecule has 132 valence electrons. The average molecular weight is 339 g/mol. The first kappa shape index (κ1) is 16.1. The fourth-order valence-corrected chi connectivity index (χ4v) is 3.64. The van der Waals surface area contributed by atoms with E-state index in [9.17, 15) is 4.79 Å². The van der Waals surface area contributed by atoms with E-state index in [0.717, 1.165) is 55.5 Å². The minimum Gasteiger partial charge on any atom is -0.353 e. The predicted octanol–water partition coefficient (Wildman–Crippen LogP) is 2.19. The molecule has 1 amide bonds. The summed E-state index contributed by atoms with van der Waals surface area (Å²) in [5.41, 5.74) is 3.09. The number of amides is 1. The summed E-state index contributed by atoms with van der Waals surface area (Å²) in [7, 11) is 0. The van der Waals surface area contributed by atoms with Crippen LogP contribution in [0.2, 0.25) is 0 Å². The van der Waals surface area contributed by atoms with Crippen molar-refractivity contribution < 1.29 is 4.79 Å². The molecule has 0 N–H and O–H groups in total. The Morgan fingerprint density at radius 2 is 1.88 bits per heavy atom. The Balaban J connectivity index is 1.40. The van der Waals surface area contributed by atoms with Crippen molar-refractivity contribution in [1.29, 1.82) is 0 Å². The van der Waals surface area contributed by atoms with E-state index in [1.54, 1.807) is 0 Å². The first-order valence-corrected chi connectivity index (χ1v) is 9.06. The van der Waals surface area contributed by atoms with Crippen molar-refractivity contribution in [3.63, 3.8) is 0 Å². The second kappa shape index (κ2) is 6.17. The molecule has 6 heteroatoms. The second-order valence-corrected chi connectivity index (χ2v) is 7.35. The maximum atomic E-state index is 12.3. The Morgan fingerprint density at radius 3 is 2.40 bits per heavy atom. The molecule has 25 heavy (non-hydrogen) atoms. The van der Waals surface area contributed by atoms with Crippen LogP contribution in [-0.2, 0) is 4.79 Å². The van der Waals surface area contributed by atoms with Crippen molar-refractivity contribution in [2.75, 3.05) is 31.1 Å². The largest absolute Gasteiger partial charge is 0.353 e. The molecule has 4 rings (SSSR count). The van der Waals surface area contributed by atoms with Crippen molar-refractivity contribution in [3.05, 3.63) is 35.8 Å². The molecule has 0 unspecified atom stereocenters. The highest BCUT2D eigenvalue weighted by Gasteiger charge is 2.41. The van der Waals surface area contributed by atoms with Gasteiger partial charge in [-0.2, -0.15) is 5.10 Å². The minimum absolute atomic E-state index is 0.282. The summed E-state index contributed by atoms with van der Waals surface area (Å²) in [5.74, 6) is 2.18. The number of anilines is 1. The normalized spacial score (nSPS) is 23.0. The Bertz CT molecular complexity index is 774. The SMILES string of the molecule is Cc1cc(C)n(-c2ccc(N3CCN(C(=O)[C@H]4C[C@@H]4C)CC3)nc2)n1. The van der Waals surface area contributed by atoms with Gasteiger partial charge in [-0.25, -0.2) is 9.67 Å². The third-order valence-corrected chi connectivity index (χ3v) is 5.33. The predicted molar refractivity (Wildman–Crippen MR) is 96.9 cm³/mol. The summed E-state index contributed by atoms with van der Waals surface area (Å²) in [6.45, 7) is 9.48. The molecule has 2 atom stereocenters. The molecule has 1 aliphatic heterocycles. The minimum atomic E-state index is 0.282. The zero-order chi connectivity index (χ0) is 17.6. The summed E-state index contributed by atoms with van der Waals surface area (Å²) in [5, 5.41) is 4.50. The maximum Gasteiger partial charge on any atom is 0.226 e. The Hall–Kier alpha value is -2.37. The highest BCUT2D eigenvalue weighted by Crippen LogP contribution is 2.39. The van der Waals surface area contributed by atoms with Gasteiger partial charge >= 0.3 is 0 Å². The molecular weight excluding hydrogens is 314 g/mol. The summed E-state index contributed by atoms with van der Waals surface area (Å²) >= 11 is 0. The van der Waals surface area contributed by atoms with Crippen molar-refractivity contribution in [2.24, 2.45) is 11.8 Å². The molecular formula is C19H25N5O. The number of carbonyl (C=O) groups excluding carboxylic acids is 1. The molecule has 1 saturated carbocycles. The van der Waals surface area contributed by atoms with Gasteiger partial charge in [0.25, 0.3) is 0 Å². The van der Waals surface area contributed by atoms with Crippen LogP contribution in [0.15, 0.2) is 24.4 Å². The average Bonchev–Trinajstić information content (AvgIpc) is 3.26. The Kier molecular flexibility index (Phi) is 3.98. The Morgan fingerprint density at radius 1 is 1.16 bits per heavy atom. The zero-order valence-electron chi connectivity index (χ0n) is 15.1. The van der Waals surface area contributed by atoms with Gasteiger partial charge in [0, 0.05) is 37.8 Å². The number of nitrogens with zero attached hydrogens (tertiary/aromatic N) is 5. The van der Waals surface area contributed by atoms with E-state index < -0.39 is 0 Å². The lowest BCUT2D eigenvalue weighted by atomic mass is 10.2. The molecule has 1 aliphatic carbocycles. The number of hydrogen-bond acceptors (Lipinski definition) is 4. The molecule has 0 bridgehead atoms. The lowest BCUT2D eigenvalue weighted by Crippen LogP contribution is -2.49. The van der Waals surface area contributed by atoms with Gasteiger partial charge in [0.15, 0.2) is 0 Å². The third-order valence-electron chi connectivity index (χ3n) is 5.33. The smallest absolute Gasteiger partial charge is 0.226 e. The van der Waals surface area contributed by atoms with Crippen LogP contribution in [0.4, 0.5) is 5.82 Å². The lowest BCUT2D eigenvalue weighted by molar-refractivity contribution is -0.133. The summed E-state index contributed by atoms with van der Waals surface area (Å²) in [4.78, 5) is 21.2. The van der Waals surface area contributed by atoms with Gasteiger partial charge in [-0.3, -0.25) is 4.79 Å². The topological polar surface area (TPSA) is 54.3 Å². The molecule has 3 heterocycles. The molecule has 0 spiro atoms. The number of pyridine rings is 1. The molecule has 2 aliphatic rings. The fraction of sp³-hybridized carbons (Fsp3) is 0.526. The van der Waals surface area contributed by atoms with Crippen molar-refractivity contribution >= 4 is 11.7 Å².